The Hall–Kier alpha value is -7.41. The minimum Gasteiger partial charge on any atom is -0.454 e. The lowest BCUT2D eigenvalue weighted by Crippen LogP contribution is -2.04. The normalized spacial score (nSPS) is 11.9. The fraction of sp³-hybridized carbons (Fsp3) is 0. The summed E-state index contributed by atoms with van der Waals surface area (Å²) in [4.78, 5) is 15.5. The molecule has 5 nitrogen and oxygen atoms in total. The number of nitrogens with zero attached hydrogens (tertiary/aromatic N) is 4. The molecule has 0 radical (unpaired) electrons. The molecule has 0 saturated heterocycles. The number of rotatable bonds is 5. The fourth-order valence-corrected chi connectivity index (χ4v) is 9.55. The predicted molar refractivity (Wildman–Crippen MR) is 236 cm³/mol. The van der Waals surface area contributed by atoms with Crippen molar-refractivity contribution < 1.29 is 4.42 Å². The lowest BCUT2D eigenvalue weighted by molar-refractivity contribution is 0.666. The summed E-state index contributed by atoms with van der Waals surface area (Å²) in [6.07, 6.45) is 0. The molecule has 0 amide bonds. The zero-order valence-corrected chi connectivity index (χ0v) is 31.2. The molecular weight excluding hydrogens is 717 g/mol. The number of para-hydroxylation sites is 2. The smallest absolute Gasteiger partial charge is 0.166 e. The summed E-state index contributed by atoms with van der Waals surface area (Å²) < 4.78 is 11.8. The van der Waals surface area contributed by atoms with E-state index in [1.807, 2.05) is 84.1 Å². The number of aromatic nitrogens is 4. The van der Waals surface area contributed by atoms with E-state index in [1.165, 1.54) is 25.7 Å². The third-order valence-electron chi connectivity index (χ3n) is 11.1. The molecule has 0 N–H and O–H groups in total. The predicted octanol–water partition coefficient (Wildman–Crippen LogP) is 13.9. The quantitative estimate of drug-likeness (QED) is 0.176. The summed E-state index contributed by atoms with van der Waals surface area (Å²) in [5.41, 5.74) is 9.62. The van der Waals surface area contributed by atoms with Gasteiger partial charge < -0.3 is 8.98 Å². The second-order valence-corrected chi connectivity index (χ2v) is 15.5. The van der Waals surface area contributed by atoms with Gasteiger partial charge in [0.05, 0.1) is 11.0 Å². The van der Waals surface area contributed by atoms with Crippen LogP contribution in [0.4, 0.5) is 0 Å². The van der Waals surface area contributed by atoms with Crippen LogP contribution < -0.4 is 0 Å². The average Bonchev–Trinajstić information content (AvgIpc) is 3.95. The summed E-state index contributed by atoms with van der Waals surface area (Å²) >= 11 is 1.84. The minimum atomic E-state index is 0.567. The Kier molecular flexibility index (Phi) is 7.03. The van der Waals surface area contributed by atoms with Gasteiger partial charge in [-0.2, -0.15) is 0 Å². The van der Waals surface area contributed by atoms with Gasteiger partial charge in [-0.3, -0.25) is 0 Å². The van der Waals surface area contributed by atoms with Crippen LogP contribution in [0.2, 0.25) is 0 Å². The maximum absolute atomic E-state index is 6.90. The second-order valence-electron chi connectivity index (χ2n) is 14.4. The molecule has 0 spiro atoms. The van der Waals surface area contributed by atoms with E-state index in [0.717, 1.165) is 71.7 Å². The summed E-state index contributed by atoms with van der Waals surface area (Å²) in [5.74, 6) is 1.78. The van der Waals surface area contributed by atoms with Crippen molar-refractivity contribution in [2.45, 2.75) is 0 Å². The summed E-state index contributed by atoms with van der Waals surface area (Å²) in [6.45, 7) is 0. The van der Waals surface area contributed by atoms with Gasteiger partial charge in [0, 0.05) is 58.4 Å². The van der Waals surface area contributed by atoms with E-state index in [9.17, 15) is 0 Å². The number of furan rings is 1. The van der Waals surface area contributed by atoms with Crippen LogP contribution in [0.1, 0.15) is 0 Å². The SMILES string of the molecule is c1ccc(-c2nc(-c3ccccc3)nc(-c3ccc4c(oc5ccccc54)c3-n3c4ccccc4c4ccc(-c5ccc6c(c5)sc5ccccc56)cc43)n2)cc1. The number of hydrogen-bond acceptors (Lipinski definition) is 5. The molecule has 0 aliphatic carbocycles. The Morgan fingerprint density at radius 1 is 0.386 bits per heavy atom. The Morgan fingerprint density at radius 3 is 1.72 bits per heavy atom. The number of fused-ring (bicyclic) bond motifs is 9. The maximum atomic E-state index is 6.90. The van der Waals surface area contributed by atoms with Crippen molar-refractivity contribution in [3.8, 4) is 51.0 Å². The van der Waals surface area contributed by atoms with Gasteiger partial charge in [0.1, 0.15) is 11.3 Å². The molecule has 0 atom stereocenters. The molecule has 57 heavy (non-hydrogen) atoms. The van der Waals surface area contributed by atoms with E-state index in [-0.39, 0.29) is 0 Å². The number of benzene rings is 8. The van der Waals surface area contributed by atoms with Crippen molar-refractivity contribution in [3.05, 3.63) is 182 Å². The summed E-state index contributed by atoms with van der Waals surface area (Å²) in [5, 5.41) is 6.99. The molecule has 12 rings (SSSR count). The van der Waals surface area contributed by atoms with Crippen LogP contribution in [0.15, 0.2) is 186 Å². The molecule has 6 heteroatoms. The summed E-state index contributed by atoms with van der Waals surface area (Å²) in [6, 6.07) is 63.8. The van der Waals surface area contributed by atoms with E-state index in [0.29, 0.717) is 17.5 Å². The Morgan fingerprint density at radius 2 is 0.947 bits per heavy atom. The van der Waals surface area contributed by atoms with Gasteiger partial charge in [0.25, 0.3) is 0 Å². The highest BCUT2D eigenvalue weighted by atomic mass is 32.1. The lowest BCUT2D eigenvalue weighted by Gasteiger charge is -2.15. The maximum Gasteiger partial charge on any atom is 0.166 e. The second kappa shape index (κ2) is 12.6. The number of hydrogen-bond donors (Lipinski definition) is 0. The van der Waals surface area contributed by atoms with E-state index in [1.54, 1.807) is 0 Å². The van der Waals surface area contributed by atoms with Gasteiger partial charge in [-0.05, 0) is 53.6 Å². The van der Waals surface area contributed by atoms with Crippen LogP contribution in [0.25, 0.3) is 115 Å². The first-order chi connectivity index (χ1) is 28.2. The zero-order chi connectivity index (χ0) is 37.5. The third kappa shape index (κ3) is 5.04. The molecule has 0 aliphatic rings. The Labute approximate surface area is 330 Å². The fourth-order valence-electron chi connectivity index (χ4n) is 8.40. The zero-order valence-electron chi connectivity index (χ0n) is 30.4. The summed E-state index contributed by atoms with van der Waals surface area (Å²) in [7, 11) is 0. The van der Waals surface area contributed by atoms with Crippen LogP contribution in [-0.2, 0) is 0 Å². The molecule has 0 bridgehead atoms. The van der Waals surface area contributed by atoms with E-state index < -0.39 is 0 Å². The van der Waals surface area contributed by atoms with E-state index >= 15 is 0 Å². The van der Waals surface area contributed by atoms with Crippen molar-refractivity contribution in [1.82, 2.24) is 19.5 Å². The van der Waals surface area contributed by atoms with Gasteiger partial charge in [-0.1, -0.05) is 140 Å². The molecule has 266 valence electrons. The van der Waals surface area contributed by atoms with Crippen molar-refractivity contribution in [1.29, 1.82) is 0 Å². The molecule has 4 heterocycles. The third-order valence-corrected chi connectivity index (χ3v) is 12.2. The first kappa shape index (κ1) is 31.9. The molecular formula is C51H30N4OS. The van der Waals surface area contributed by atoms with Crippen LogP contribution in [0.3, 0.4) is 0 Å². The van der Waals surface area contributed by atoms with Crippen LogP contribution >= 0.6 is 11.3 Å². The standard InChI is InChI=1S/C51H30N4OS/c1-3-13-31(14-4-1)49-52-50(32-15-5-2-6-16-32)54-51(53-49)41-28-27-40-37-18-8-11-21-44(37)56-48(40)47(41)55-42-20-10-7-17-35(42)36-25-23-33(29-43(36)55)34-24-26-39-38-19-9-12-22-45(38)57-46(39)30-34/h1-30H. The first-order valence-corrected chi connectivity index (χ1v) is 19.8. The van der Waals surface area contributed by atoms with Crippen molar-refractivity contribution in [2.75, 3.05) is 0 Å². The first-order valence-electron chi connectivity index (χ1n) is 19.0. The average molecular weight is 747 g/mol. The monoisotopic (exact) mass is 746 g/mol. The van der Waals surface area contributed by atoms with Gasteiger partial charge in [-0.25, -0.2) is 15.0 Å². The highest BCUT2D eigenvalue weighted by molar-refractivity contribution is 7.25. The number of thiophene rings is 1. The Balaban J connectivity index is 1.17. The van der Waals surface area contributed by atoms with Crippen LogP contribution in [0.5, 0.6) is 0 Å². The van der Waals surface area contributed by atoms with E-state index in [2.05, 4.69) is 114 Å². The van der Waals surface area contributed by atoms with Crippen LogP contribution in [-0.4, -0.2) is 19.5 Å². The Bertz CT molecular complexity index is 3470. The van der Waals surface area contributed by atoms with Crippen molar-refractivity contribution in [2.24, 2.45) is 0 Å². The largest absolute Gasteiger partial charge is 0.454 e. The molecule has 0 aliphatic heterocycles. The van der Waals surface area contributed by atoms with Gasteiger partial charge >= 0.3 is 0 Å². The molecule has 12 aromatic rings. The van der Waals surface area contributed by atoms with Gasteiger partial charge in [0.2, 0.25) is 0 Å². The highest BCUT2D eigenvalue weighted by Crippen LogP contribution is 2.44. The van der Waals surface area contributed by atoms with Crippen LogP contribution in [0, 0.1) is 0 Å². The van der Waals surface area contributed by atoms with Crippen molar-refractivity contribution in [3.63, 3.8) is 0 Å². The molecule has 0 fully saturated rings. The lowest BCUT2D eigenvalue weighted by atomic mass is 10.0. The van der Waals surface area contributed by atoms with Gasteiger partial charge in [-0.15, -0.1) is 11.3 Å². The van der Waals surface area contributed by atoms with Gasteiger partial charge in [0.15, 0.2) is 23.1 Å². The highest BCUT2D eigenvalue weighted by Gasteiger charge is 2.24. The van der Waals surface area contributed by atoms with Crippen molar-refractivity contribution >= 4 is 75.3 Å². The molecule has 8 aromatic carbocycles. The molecule has 0 unspecified atom stereocenters. The molecule has 0 saturated carbocycles. The topological polar surface area (TPSA) is 56.7 Å². The molecule has 4 aromatic heterocycles. The van der Waals surface area contributed by atoms with E-state index in [4.69, 9.17) is 19.4 Å². The minimum absolute atomic E-state index is 0.567.